The Morgan fingerprint density at radius 2 is 1.52 bits per heavy atom. The van der Waals surface area contributed by atoms with Crippen LogP contribution in [0.1, 0.15) is 40.3 Å². The predicted octanol–water partition coefficient (Wildman–Crippen LogP) is 4.53. The molecule has 4 aromatic rings. The number of carbonyl (C=O) groups is 2. The quantitative estimate of drug-likeness (QED) is 0.445. The van der Waals surface area contributed by atoms with Gasteiger partial charge in [0.05, 0.1) is 16.5 Å². The van der Waals surface area contributed by atoms with Crippen LogP contribution >= 0.6 is 0 Å². The molecule has 3 heterocycles. The van der Waals surface area contributed by atoms with Gasteiger partial charge < -0.3 is 10.3 Å². The van der Waals surface area contributed by atoms with Crippen molar-refractivity contribution in [1.82, 2.24) is 14.9 Å². The second-order valence-corrected chi connectivity index (χ2v) is 7.28. The zero-order valence-electron chi connectivity index (χ0n) is 18.5. The van der Waals surface area contributed by atoms with E-state index in [2.05, 4.69) is 15.3 Å². The number of aromatic amines is 1. The van der Waals surface area contributed by atoms with Crippen molar-refractivity contribution in [2.24, 2.45) is 0 Å². The van der Waals surface area contributed by atoms with Crippen LogP contribution in [0.5, 0.6) is 0 Å². The SMILES string of the molecule is CC.O=C1c2ccccc2C(=O)N1CCc1cc2cc[nH]c(=O)c2c(Nc2ccccc2)n1. The Morgan fingerprint density at radius 3 is 2.18 bits per heavy atom. The van der Waals surface area contributed by atoms with E-state index >= 15 is 0 Å². The van der Waals surface area contributed by atoms with Crippen molar-refractivity contribution in [1.29, 1.82) is 0 Å². The number of imide groups is 1. The number of benzene rings is 2. The molecule has 0 saturated heterocycles. The van der Waals surface area contributed by atoms with Crippen molar-refractivity contribution in [3.63, 3.8) is 0 Å². The molecular formula is C26H24N4O3. The molecule has 1 aliphatic heterocycles. The van der Waals surface area contributed by atoms with E-state index < -0.39 is 0 Å². The molecule has 0 spiro atoms. The third kappa shape index (κ3) is 4.25. The first-order chi connectivity index (χ1) is 16.1. The summed E-state index contributed by atoms with van der Waals surface area (Å²) >= 11 is 0. The fraction of sp³-hybridized carbons (Fsp3) is 0.154. The summed E-state index contributed by atoms with van der Waals surface area (Å²) in [5.74, 6) is -0.149. The Labute approximate surface area is 191 Å². The average Bonchev–Trinajstić information content (AvgIpc) is 3.09. The molecule has 2 aromatic carbocycles. The maximum Gasteiger partial charge on any atom is 0.261 e. The summed E-state index contributed by atoms with van der Waals surface area (Å²) in [7, 11) is 0. The predicted molar refractivity (Wildman–Crippen MR) is 129 cm³/mol. The maximum atomic E-state index is 12.6. The number of carbonyl (C=O) groups excluding carboxylic acids is 2. The highest BCUT2D eigenvalue weighted by Gasteiger charge is 2.34. The van der Waals surface area contributed by atoms with Gasteiger partial charge in [0.2, 0.25) is 0 Å². The molecule has 2 aromatic heterocycles. The van der Waals surface area contributed by atoms with Crippen molar-refractivity contribution < 1.29 is 9.59 Å². The Morgan fingerprint density at radius 1 is 0.879 bits per heavy atom. The molecule has 2 N–H and O–H groups in total. The first kappa shape index (κ1) is 22.0. The fourth-order valence-corrected chi connectivity index (χ4v) is 3.81. The van der Waals surface area contributed by atoms with Gasteiger partial charge in [-0.1, -0.05) is 44.2 Å². The van der Waals surface area contributed by atoms with Crippen LogP contribution in [0.15, 0.2) is 77.7 Å². The number of pyridine rings is 2. The third-order valence-electron chi connectivity index (χ3n) is 5.31. The van der Waals surface area contributed by atoms with Gasteiger partial charge in [-0.2, -0.15) is 0 Å². The zero-order chi connectivity index (χ0) is 23.4. The molecule has 33 heavy (non-hydrogen) atoms. The Balaban J connectivity index is 0.00000126. The Bertz CT molecular complexity index is 1340. The van der Waals surface area contributed by atoms with Crippen molar-refractivity contribution >= 4 is 34.1 Å². The highest BCUT2D eigenvalue weighted by atomic mass is 16.2. The summed E-state index contributed by atoms with van der Waals surface area (Å²) in [6.07, 6.45) is 1.96. The minimum Gasteiger partial charge on any atom is -0.340 e. The molecule has 2 amide bonds. The number of fused-ring (bicyclic) bond motifs is 2. The molecule has 5 rings (SSSR count). The summed E-state index contributed by atoms with van der Waals surface area (Å²) in [4.78, 5) is 46.3. The number of nitrogens with zero attached hydrogens (tertiary/aromatic N) is 2. The molecule has 0 bridgehead atoms. The summed E-state index contributed by atoms with van der Waals surface area (Å²) in [5.41, 5.74) is 2.09. The van der Waals surface area contributed by atoms with Crippen LogP contribution in [-0.2, 0) is 6.42 Å². The highest BCUT2D eigenvalue weighted by molar-refractivity contribution is 6.21. The van der Waals surface area contributed by atoms with Crippen LogP contribution in [0.25, 0.3) is 10.8 Å². The lowest BCUT2D eigenvalue weighted by molar-refractivity contribution is 0.0656. The van der Waals surface area contributed by atoms with Crippen LogP contribution in [0.3, 0.4) is 0 Å². The Hall–Kier alpha value is -4.26. The topological polar surface area (TPSA) is 95.2 Å². The van der Waals surface area contributed by atoms with Crippen LogP contribution in [0.2, 0.25) is 0 Å². The standard InChI is InChI=1S/C24H18N4O3.C2H6/c29-22-20-15(10-12-25-22)14-17(27-21(20)26-16-6-2-1-3-7-16)11-13-28-23(30)18-8-4-5-9-19(18)24(28)31;1-2/h1-10,12,14H,11,13H2,(H,25,29)(H,26,27);1-2H3. The largest absolute Gasteiger partial charge is 0.340 e. The number of anilines is 2. The van der Waals surface area contributed by atoms with Crippen molar-refractivity contribution in [2.75, 3.05) is 11.9 Å². The monoisotopic (exact) mass is 440 g/mol. The van der Waals surface area contributed by atoms with Gasteiger partial charge in [-0.15, -0.1) is 0 Å². The van der Waals surface area contributed by atoms with E-state index in [1.165, 1.54) is 4.90 Å². The van der Waals surface area contributed by atoms with E-state index in [4.69, 9.17) is 0 Å². The van der Waals surface area contributed by atoms with Gasteiger partial charge in [0.15, 0.2) is 0 Å². The molecule has 0 aliphatic carbocycles. The lowest BCUT2D eigenvalue weighted by Crippen LogP contribution is -2.32. The van der Waals surface area contributed by atoms with Gasteiger partial charge in [-0.3, -0.25) is 19.3 Å². The Kier molecular flexibility index (Phi) is 6.31. The molecule has 1 aliphatic rings. The van der Waals surface area contributed by atoms with E-state index in [0.29, 0.717) is 34.4 Å². The number of nitrogens with one attached hydrogen (secondary N) is 2. The molecular weight excluding hydrogens is 416 g/mol. The molecule has 0 fully saturated rings. The van der Waals surface area contributed by atoms with Gasteiger partial charge in [0.25, 0.3) is 17.4 Å². The number of hydrogen-bond acceptors (Lipinski definition) is 5. The third-order valence-corrected chi connectivity index (χ3v) is 5.31. The summed E-state index contributed by atoms with van der Waals surface area (Å²) in [6, 6.07) is 19.9. The van der Waals surface area contributed by atoms with E-state index in [1.54, 1.807) is 36.5 Å². The number of amides is 2. The maximum absolute atomic E-state index is 12.6. The molecule has 0 unspecified atom stereocenters. The minimum absolute atomic E-state index is 0.207. The summed E-state index contributed by atoms with van der Waals surface area (Å²) in [6.45, 7) is 4.21. The molecule has 166 valence electrons. The van der Waals surface area contributed by atoms with Gasteiger partial charge in [-0.05, 0) is 41.8 Å². The normalized spacial score (nSPS) is 12.4. The zero-order valence-corrected chi connectivity index (χ0v) is 18.5. The van der Waals surface area contributed by atoms with E-state index in [0.717, 1.165) is 11.1 Å². The summed E-state index contributed by atoms with van der Waals surface area (Å²) < 4.78 is 0. The smallest absolute Gasteiger partial charge is 0.261 e. The van der Waals surface area contributed by atoms with Crippen LogP contribution in [0, 0.1) is 0 Å². The molecule has 7 heteroatoms. The van der Waals surface area contributed by atoms with Gasteiger partial charge in [0, 0.05) is 30.5 Å². The van der Waals surface area contributed by atoms with Crippen LogP contribution < -0.4 is 10.9 Å². The van der Waals surface area contributed by atoms with Gasteiger partial charge in [0.1, 0.15) is 5.82 Å². The fourth-order valence-electron chi connectivity index (χ4n) is 3.81. The summed E-state index contributed by atoms with van der Waals surface area (Å²) in [5, 5.41) is 4.39. The molecule has 0 saturated carbocycles. The molecule has 0 atom stereocenters. The van der Waals surface area contributed by atoms with E-state index in [9.17, 15) is 14.4 Å². The second-order valence-electron chi connectivity index (χ2n) is 7.28. The van der Waals surface area contributed by atoms with Crippen LogP contribution in [0.4, 0.5) is 11.5 Å². The second kappa shape index (κ2) is 9.48. The van der Waals surface area contributed by atoms with Crippen LogP contribution in [-0.4, -0.2) is 33.2 Å². The van der Waals surface area contributed by atoms with Crippen molar-refractivity contribution in [3.05, 3.63) is 100 Å². The number of para-hydroxylation sites is 1. The first-order valence-electron chi connectivity index (χ1n) is 10.9. The number of aromatic nitrogens is 2. The number of H-pyrrole nitrogens is 1. The minimum atomic E-state index is -0.291. The van der Waals surface area contributed by atoms with Gasteiger partial charge in [-0.25, -0.2) is 4.98 Å². The van der Waals surface area contributed by atoms with Crippen molar-refractivity contribution in [2.45, 2.75) is 20.3 Å². The highest BCUT2D eigenvalue weighted by Crippen LogP contribution is 2.25. The van der Waals surface area contributed by atoms with E-state index in [-0.39, 0.29) is 23.9 Å². The van der Waals surface area contributed by atoms with E-state index in [1.807, 2.05) is 50.2 Å². The number of rotatable bonds is 5. The lowest BCUT2D eigenvalue weighted by atomic mass is 10.1. The first-order valence-corrected chi connectivity index (χ1v) is 10.9. The average molecular weight is 441 g/mol. The molecule has 7 nitrogen and oxygen atoms in total. The number of hydrogen-bond donors (Lipinski definition) is 2. The van der Waals surface area contributed by atoms with Gasteiger partial charge >= 0.3 is 0 Å². The van der Waals surface area contributed by atoms with Crippen molar-refractivity contribution in [3.8, 4) is 0 Å². The lowest BCUT2D eigenvalue weighted by Gasteiger charge is -2.15. The molecule has 0 radical (unpaired) electrons.